The highest BCUT2D eigenvalue weighted by molar-refractivity contribution is 5.99. The number of aliphatic carboxylic acids is 1. The molecule has 10 nitrogen and oxygen atoms in total. The van der Waals surface area contributed by atoms with Crippen molar-refractivity contribution in [1.82, 2.24) is 4.90 Å². The van der Waals surface area contributed by atoms with Crippen LogP contribution in [0.15, 0.2) is 42.5 Å². The van der Waals surface area contributed by atoms with Gasteiger partial charge in [0.1, 0.15) is 5.84 Å². The Hall–Kier alpha value is -4.21. The molecule has 0 bridgehead atoms. The number of amides is 1. The number of likely N-dealkylation sites (tertiary alicyclic amines) is 1. The number of hydrogen-bond donors (Lipinski definition) is 5. The third-order valence-corrected chi connectivity index (χ3v) is 6.69. The smallest absolute Gasteiger partial charge is 0.335 e. The molecular weight excluding hydrogens is 474 g/mol. The highest BCUT2D eigenvalue weighted by Crippen LogP contribution is 2.30. The fraction of sp³-hybridized carbons (Fsp3) is 0.370. The van der Waals surface area contributed by atoms with Gasteiger partial charge >= 0.3 is 11.9 Å². The van der Waals surface area contributed by atoms with Gasteiger partial charge in [0.2, 0.25) is 5.91 Å². The molecule has 1 aliphatic heterocycles. The lowest BCUT2D eigenvalue weighted by Crippen LogP contribution is -2.38. The number of benzene rings is 2. The van der Waals surface area contributed by atoms with Gasteiger partial charge in [-0.1, -0.05) is 18.2 Å². The number of nitrogens with two attached hydrogens (primary N) is 1. The van der Waals surface area contributed by atoms with Crippen molar-refractivity contribution >= 4 is 35.2 Å². The molecule has 1 amide bonds. The largest absolute Gasteiger partial charge is 0.481 e. The average Bonchev–Trinajstić information content (AvgIpc) is 2.87. The number of carboxylic acid groups (broad SMARTS) is 2. The maximum Gasteiger partial charge on any atom is 0.335 e. The number of carbonyl (C=O) groups excluding carboxylic acids is 1. The Morgan fingerprint density at radius 3 is 2.27 bits per heavy atom. The summed E-state index contributed by atoms with van der Waals surface area (Å²) in [5.41, 5.74) is 7.67. The van der Waals surface area contributed by atoms with E-state index in [0.29, 0.717) is 47.1 Å². The van der Waals surface area contributed by atoms with Gasteiger partial charge in [-0.3, -0.25) is 20.4 Å². The lowest BCUT2D eigenvalue weighted by atomic mass is 9.93. The third kappa shape index (κ3) is 7.39. The second kappa shape index (κ2) is 12.2. The van der Waals surface area contributed by atoms with E-state index in [0.717, 1.165) is 25.9 Å². The molecule has 6 N–H and O–H groups in total. The maximum atomic E-state index is 13.2. The van der Waals surface area contributed by atoms with Gasteiger partial charge in [-0.2, -0.15) is 0 Å². The minimum Gasteiger partial charge on any atom is -0.481 e. The quantitative estimate of drug-likeness (QED) is 0.241. The van der Waals surface area contributed by atoms with Crippen LogP contribution in [0.4, 0.5) is 5.69 Å². The Kier molecular flexibility index (Phi) is 9.00. The van der Waals surface area contributed by atoms with Crippen LogP contribution in [0, 0.1) is 16.7 Å². The van der Waals surface area contributed by atoms with Crippen molar-refractivity contribution in [2.45, 2.75) is 39.0 Å². The topological polar surface area (TPSA) is 172 Å². The van der Waals surface area contributed by atoms with Crippen LogP contribution >= 0.6 is 0 Å². The standard InChI is InChI=1S/C27H33N5O5/c1-17(28)31-10-7-18(8-11-31)9-12-32(24(33)5-6-25(34)35)23-15-21(14-22(16-23)27(36)37)19-3-2-4-20(13-19)26(29)30/h2-4,13-16,18,28H,5-12H2,1H3,(H3,29,30)(H,34,35)(H,36,37). The van der Waals surface area contributed by atoms with E-state index in [9.17, 15) is 19.5 Å². The zero-order chi connectivity index (χ0) is 27.1. The van der Waals surface area contributed by atoms with Crippen LogP contribution in [0.1, 0.15) is 54.9 Å². The first-order valence-corrected chi connectivity index (χ1v) is 12.2. The second-order valence-electron chi connectivity index (χ2n) is 9.31. The van der Waals surface area contributed by atoms with Crippen molar-refractivity contribution in [3.05, 3.63) is 53.6 Å². The Bertz CT molecular complexity index is 1200. The molecule has 0 spiro atoms. The molecule has 3 rings (SSSR count). The molecular formula is C27H33N5O5. The molecule has 2 aromatic rings. The van der Waals surface area contributed by atoms with E-state index in [1.807, 2.05) is 4.90 Å². The van der Waals surface area contributed by atoms with Crippen LogP contribution in [0.3, 0.4) is 0 Å². The average molecular weight is 508 g/mol. The van der Waals surface area contributed by atoms with E-state index >= 15 is 0 Å². The van der Waals surface area contributed by atoms with E-state index in [4.69, 9.17) is 21.7 Å². The highest BCUT2D eigenvalue weighted by atomic mass is 16.4. The summed E-state index contributed by atoms with van der Waals surface area (Å²) in [5, 5.41) is 34.4. The van der Waals surface area contributed by atoms with Gasteiger partial charge in [-0.05, 0) is 67.5 Å². The molecule has 0 saturated carbocycles. The number of carbonyl (C=O) groups is 3. The SMILES string of the molecule is CC(=N)N1CCC(CCN(C(=O)CCC(=O)O)c2cc(C(=O)O)cc(-c3cccc(C(=N)N)c3)c2)CC1. The molecule has 2 aromatic carbocycles. The van der Waals surface area contributed by atoms with E-state index in [1.165, 1.54) is 17.0 Å². The highest BCUT2D eigenvalue weighted by Gasteiger charge is 2.24. The molecule has 37 heavy (non-hydrogen) atoms. The van der Waals surface area contributed by atoms with Crippen LogP contribution in [0.2, 0.25) is 0 Å². The van der Waals surface area contributed by atoms with Gasteiger partial charge in [-0.25, -0.2) is 4.79 Å². The van der Waals surface area contributed by atoms with Gasteiger partial charge in [0, 0.05) is 37.3 Å². The summed E-state index contributed by atoms with van der Waals surface area (Å²) in [6, 6.07) is 11.5. The molecule has 196 valence electrons. The molecule has 0 aliphatic carbocycles. The van der Waals surface area contributed by atoms with Crippen LogP contribution in [0.5, 0.6) is 0 Å². The normalized spacial score (nSPS) is 13.7. The summed E-state index contributed by atoms with van der Waals surface area (Å²) < 4.78 is 0. The van der Waals surface area contributed by atoms with E-state index in [2.05, 4.69) is 0 Å². The number of piperidine rings is 1. The lowest BCUT2D eigenvalue weighted by Gasteiger charge is -2.34. The van der Waals surface area contributed by atoms with Gasteiger partial charge < -0.3 is 25.7 Å². The van der Waals surface area contributed by atoms with Gasteiger partial charge in [0.05, 0.1) is 17.8 Å². The monoisotopic (exact) mass is 507 g/mol. The van der Waals surface area contributed by atoms with Gasteiger partial charge in [0.15, 0.2) is 0 Å². The fourth-order valence-corrected chi connectivity index (χ4v) is 4.54. The number of amidine groups is 2. The number of carboxylic acids is 2. The predicted octanol–water partition coefficient (Wildman–Crippen LogP) is 3.63. The van der Waals surface area contributed by atoms with Crippen LogP contribution < -0.4 is 10.6 Å². The van der Waals surface area contributed by atoms with E-state index < -0.39 is 11.9 Å². The predicted molar refractivity (Wildman–Crippen MR) is 141 cm³/mol. The summed E-state index contributed by atoms with van der Waals surface area (Å²) >= 11 is 0. The maximum absolute atomic E-state index is 13.2. The van der Waals surface area contributed by atoms with Gasteiger partial charge in [0.25, 0.3) is 0 Å². The van der Waals surface area contributed by atoms with Gasteiger partial charge in [-0.15, -0.1) is 0 Å². The zero-order valence-corrected chi connectivity index (χ0v) is 20.9. The van der Waals surface area contributed by atoms with E-state index in [1.54, 1.807) is 37.3 Å². The van der Waals surface area contributed by atoms with Crippen molar-refractivity contribution in [3.63, 3.8) is 0 Å². The van der Waals surface area contributed by atoms with Crippen molar-refractivity contribution < 1.29 is 24.6 Å². The van der Waals surface area contributed by atoms with Crippen molar-refractivity contribution in [3.8, 4) is 11.1 Å². The van der Waals surface area contributed by atoms with Crippen molar-refractivity contribution in [1.29, 1.82) is 10.8 Å². The van der Waals surface area contributed by atoms with Crippen LogP contribution in [-0.4, -0.2) is 64.3 Å². The summed E-state index contributed by atoms with van der Waals surface area (Å²) in [4.78, 5) is 39.8. The minimum atomic E-state index is -1.15. The summed E-state index contributed by atoms with van der Waals surface area (Å²) in [6.07, 6.45) is 1.92. The Balaban J connectivity index is 1.93. The molecule has 10 heteroatoms. The number of nitrogens with zero attached hydrogens (tertiary/aromatic N) is 2. The molecule has 0 atom stereocenters. The molecule has 0 radical (unpaired) electrons. The second-order valence-corrected chi connectivity index (χ2v) is 9.31. The van der Waals surface area contributed by atoms with E-state index in [-0.39, 0.29) is 30.1 Å². The first kappa shape index (κ1) is 27.4. The summed E-state index contributed by atoms with van der Waals surface area (Å²) in [6.45, 7) is 3.64. The number of nitrogens with one attached hydrogen (secondary N) is 2. The Morgan fingerprint density at radius 1 is 1.00 bits per heavy atom. The van der Waals surface area contributed by atoms with Crippen LogP contribution in [0.25, 0.3) is 11.1 Å². The molecule has 0 aromatic heterocycles. The van der Waals surface area contributed by atoms with Crippen molar-refractivity contribution in [2.24, 2.45) is 11.7 Å². The number of rotatable bonds is 10. The third-order valence-electron chi connectivity index (χ3n) is 6.69. The number of hydrogen-bond acceptors (Lipinski definition) is 5. The fourth-order valence-electron chi connectivity index (χ4n) is 4.54. The lowest BCUT2D eigenvalue weighted by molar-refractivity contribution is -0.138. The first-order valence-electron chi connectivity index (χ1n) is 12.2. The molecule has 1 aliphatic rings. The summed E-state index contributed by atoms with van der Waals surface area (Å²) in [5.74, 6) is -1.87. The van der Waals surface area contributed by atoms with Crippen LogP contribution in [-0.2, 0) is 9.59 Å². The zero-order valence-electron chi connectivity index (χ0n) is 20.9. The molecule has 0 unspecified atom stereocenters. The Morgan fingerprint density at radius 2 is 1.68 bits per heavy atom. The molecule has 1 saturated heterocycles. The number of anilines is 1. The minimum absolute atomic E-state index is 0.00784. The molecule has 1 heterocycles. The Labute approximate surface area is 215 Å². The first-order chi connectivity index (χ1) is 17.5. The number of nitrogen functional groups attached to an aromatic ring is 1. The number of aromatic carboxylic acids is 1. The summed E-state index contributed by atoms with van der Waals surface area (Å²) in [7, 11) is 0. The molecule has 1 fully saturated rings. The van der Waals surface area contributed by atoms with Crippen molar-refractivity contribution in [2.75, 3.05) is 24.5 Å².